The molecule has 0 unspecified atom stereocenters. The molecule has 1 aliphatic heterocycles. The molecule has 0 aliphatic carbocycles. The molecule has 1 atom stereocenters. The lowest BCUT2D eigenvalue weighted by Crippen LogP contribution is -2.31. The fourth-order valence-corrected chi connectivity index (χ4v) is 3.26. The van der Waals surface area contributed by atoms with Crippen LogP contribution in [0, 0.1) is 5.82 Å². The minimum Gasteiger partial charge on any atom is -0.484 e. The highest BCUT2D eigenvalue weighted by molar-refractivity contribution is 5.75. The Morgan fingerprint density at radius 2 is 1.96 bits per heavy atom. The van der Waals surface area contributed by atoms with Gasteiger partial charge in [0.05, 0.1) is 6.10 Å². The molecule has 144 valence electrons. The maximum atomic E-state index is 13.2. The van der Waals surface area contributed by atoms with E-state index in [1.54, 1.807) is 6.07 Å². The van der Waals surface area contributed by atoms with Gasteiger partial charge in [-0.05, 0) is 48.2 Å². The number of nitrogens with two attached hydrogens (primary N) is 1. The highest BCUT2D eigenvalue weighted by Gasteiger charge is 2.20. The molecule has 1 fully saturated rings. The first-order valence-electron chi connectivity index (χ1n) is 9.17. The summed E-state index contributed by atoms with van der Waals surface area (Å²) in [6, 6.07) is 14.2. The van der Waals surface area contributed by atoms with Crippen molar-refractivity contribution in [2.24, 2.45) is 5.73 Å². The summed E-state index contributed by atoms with van der Waals surface area (Å²) in [6.07, 6.45) is 2.37. The number of carbonyl (C=O) groups excluding carboxylic acids is 1. The predicted octanol–water partition coefficient (Wildman–Crippen LogP) is 2.87. The average Bonchev–Trinajstić information content (AvgIpc) is 3.15. The van der Waals surface area contributed by atoms with Gasteiger partial charge in [0.2, 0.25) is 0 Å². The third-order valence-corrected chi connectivity index (χ3v) is 4.49. The van der Waals surface area contributed by atoms with Crippen LogP contribution < -0.4 is 10.5 Å². The molecule has 6 heteroatoms. The largest absolute Gasteiger partial charge is 0.484 e. The maximum absolute atomic E-state index is 13.2. The predicted molar refractivity (Wildman–Crippen MR) is 101 cm³/mol. The van der Waals surface area contributed by atoms with Crippen LogP contribution in [0.3, 0.4) is 0 Å². The first kappa shape index (κ1) is 19.3. The number of amides is 1. The van der Waals surface area contributed by atoms with E-state index in [0.717, 1.165) is 37.1 Å². The number of halogens is 1. The van der Waals surface area contributed by atoms with Crippen LogP contribution >= 0.6 is 0 Å². The molecule has 0 bridgehead atoms. The third-order valence-electron chi connectivity index (χ3n) is 4.49. The Morgan fingerprint density at radius 1 is 1.19 bits per heavy atom. The highest BCUT2D eigenvalue weighted by Crippen LogP contribution is 2.20. The number of hydrogen-bond donors (Lipinski definition) is 1. The van der Waals surface area contributed by atoms with Crippen LogP contribution in [-0.2, 0) is 22.6 Å². The Labute approximate surface area is 158 Å². The van der Waals surface area contributed by atoms with Crippen molar-refractivity contribution in [3.8, 4) is 5.75 Å². The van der Waals surface area contributed by atoms with Crippen molar-refractivity contribution >= 4 is 5.91 Å². The van der Waals surface area contributed by atoms with Crippen LogP contribution in [0.15, 0.2) is 48.5 Å². The summed E-state index contributed by atoms with van der Waals surface area (Å²) < 4.78 is 24.4. The maximum Gasteiger partial charge on any atom is 0.255 e. The normalized spacial score (nSPS) is 16.6. The number of primary amides is 1. The summed E-state index contributed by atoms with van der Waals surface area (Å²) in [4.78, 5) is 13.2. The van der Waals surface area contributed by atoms with Crippen LogP contribution in [0.4, 0.5) is 4.39 Å². The molecular weight excluding hydrogens is 347 g/mol. The molecule has 2 aromatic carbocycles. The van der Waals surface area contributed by atoms with Gasteiger partial charge in [0.15, 0.2) is 6.61 Å². The van der Waals surface area contributed by atoms with Gasteiger partial charge in [0, 0.05) is 26.2 Å². The third kappa shape index (κ3) is 6.34. The van der Waals surface area contributed by atoms with E-state index < -0.39 is 5.91 Å². The SMILES string of the molecule is NC(=O)COc1cccc(CN(Cc2ccc(F)cc2)C[C@H]2CCCO2)c1. The summed E-state index contributed by atoms with van der Waals surface area (Å²) in [5.41, 5.74) is 7.25. The molecule has 2 aromatic rings. The Bertz CT molecular complexity index is 745. The van der Waals surface area contributed by atoms with Gasteiger partial charge in [-0.2, -0.15) is 0 Å². The first-order valence-corrected chi connectivity index (χ1v) is 9.17. The van der Waals surface area contributed by atoms with E-state index in [4.69, 9.17) is 15.2 Å². The van der Waals surface area contributed by atoms with E-state index >= 15 is 0 Å². The van der Waals surface area contributed by atoms with E-state index in [0.29, 0.717) is 18.8 Å². The van der Waals surface area contributed by atoms with Gasteiger partial charge in [-0.3, -0.25) is 9.69 Å². The Kier molecular flexibility index (Phi) is 6.79. The second-order valence-corrected chi connectivity index (χ2v) is 6.83. The first-order chi connectivity index (χ1) is 13.1. The number of ether oxygens (including phenoxy) is 2. The van der Waals surface area contributed by atoms with Gasteiger partial charge in [-0.25, -0.2) is 4.39 Å². The lowest BCUT2D eigenvalue weighted by Gasteiger charge is -2.25. The fourth-order valence-electron chi connectivity index (χ4n) is 3.26. The fraction of sp³-hybridized carbons (Fsp3) is 0.381. The molecular formula is C21H25FN2O3. The van der Waals surface area contributed by atoms with Crippen LogP contribution in [0.5, 0.6) is 5.75 Å². The van der Waals surface area contributed by atoms with Gasteiger partial charge in [-0.1, -0.05) is 24.3 Å². The Morgan fingerprint density at radius 3 is 2.67 bits per heavy atom. The van der Waals surface area contributed by atoms with Crippen molar-refractivity contribution in [2.75, 3.05) is 19.8 Å². The standard InChI is InChI=1S/C21H25FN2O3/c22-18-8-6-16(7-9-18)12-24(14-20-5-2-10-26-20)13-17-3-1-4-19(11-17)27-15-21(23)25/h1,3-4,6-9,11,20H,2,5,10,12-15H2,(H2,23,25)/t20-/m1/s1. The van der Waals surface area contributed by atoms with Gasteiger partial charge in [0.25, 0.3) is 5.91 Å². The molecule has 1 heterocycles. The molecule has 0 radical (unpaired) electrons. The van der Waals surface area contributed by atoms with Gasteiger partial charge in [-0.15, -0.1) is 0 Å². The topological polar surface area (TPSA) is 64.8 Å². The number of hydrogen-bond acceptors (Lipinski definition) is 4. The number of benzene rings is 2. The van der Waals surface area contributed by atoms with Crippen LogP contribution in [0.25, 0.3) is 0 Å². The summed E-state index contributed by atoms with van der Waals surface area (Å²) in [5, 5.41) is 0. The monoisotopic (exact) mass is 372 g/mol. The molecule has 27 heavy (non-hydrogen) atoms. The van der Waals surface area contributed by atoms with Crippen LogP contribution in [-0.4, -0.2) is 36.7 Å². The van der Waals surface area contributed by atoms with Crippen molar-refractivity contribution in [3.63, 3.8) is 0 Å². The molecule has 0 saturated carbocycles. The zero-order chi connectivity index (χ0) is 19.1. The van der Waals surface area contributed by atoms with Crippen molar-refractivity contribution in [3.05, 3.63) is 65.5 Å². The van der Waals surface area contributed by atoms with Gasteiger partial charge < -0.3 is 15.2 Å². The Hall–Kier alpha value is -2.44. The molecule has 5 nitrogen and oxygen atoms in total. The molecule has 1 saturated heterocycles. The molecule has 2 N–H and O–H groups in total. The van der Waals surface area contributed by atoms with E-state index in [9.17, 15) is 9.18 Å². The zero-order valence-corrected chi connectivity index (χ0v) is 15.3. The zero-order valence-electron chi connectivity index (χ0n) is 15.3. The second-order valence-electron chi connectivity index (χ2n) is 6.83. The minimum atomic E-state index is -0.503. The van der Waals surface area contributed by atoms with E-state index in [2.05, 4.69) is 4.90 Å². The lowest BCUT2D eigenvalue weighted by molar-refractivity contribution is -0.119. The number of rotatable bonds is 9. The molecule has 3 rings (SSSR count). The van der Waals surface area contributed by atoms with Crippen molar-refractivity contribution in [1.29, 1.82) is 0 Å². The van der Waals surface area contributed by atoms with E-state index in [1.807, 2.05) is 30.3 Å². The smallest absolute Gasteiger partial charge is 0.255 e. The van der Waals surface area contributed by atoms with Crippen molar-refractivity contribution < 1.29 is 18.7 Å². The molecule has 0 spiro atoms. The highest BCUT2D eigenvalue weighted by atomic mass is 19.1. The Balaban J connectivity index is 1.68. The second kappa shape index (κ2) is 9.48. The molecule has 1 aliphatic rings. The summed E-state index contributed by atoms with van der Waals surface area (Å²) in [7, 11) is 0. The number of carbonyl (C=O) groups is 1. The van der Waals surface area contributed by atoms with E-state index in [-0.39, 0.29) is 18.5 Å². The summed E-state index contributed by atoms with van der Waals surface area (Å²) in [6.45, 7) is 2.88. The van der Waals surface area contributed by atoms with Crippen LogP contribution in [0.1, 0.15) is 24.0 Å². The average molecular weight is 372 g/mol. The molecule has 0 aromatic heterocycles. The van der Waals surface area contributed by atoms with Crippen LogP contribution in [0.2, 0.25) is 0 Å². The minimum absolute atomic E-state index is 0.140. The molecule has 1 amide bonds. The van der Waals surface area contributed by atoms with Gasteiger partial charge >= 0.3 is 0 Å². The number of nitrogens with zero attached hydrogens (tertiary/aromatic N) is 1. The summed E-state index contributed by atoms with van der Waals surface area (Å²) in [5.74, 6) is -0.120. The van der Waals surface area contributed by atoms with E-state index in [1.165, 1.54) is 12.1 Å². The van der Waals surface area contributed by atoms with Crippen molar-refractivity contribution in [1.82, 2.24) is 4.90 Å². The van der Waals surface area contributed by atoms with Crippen molar-refractivity contribution in [2.45, 2.75) is 32.0 Å². The quantitative estimate of drug-likeness (QED) is 0.735. The summed E-state index contributed by atoms with van der Waals surface area (Å²) >= 11 is 0. The lowest BCUT2D eigenvalue weighted by atomic mass is 10.1. The van der Waals surface area contributed by atoms with Gasteiger partial charge in [0.1, 0.15) is 11.6 Å².